The standard InChI is InChI=1S/C7H4NOS/c1-3-9-5-6(1)7-8-2-4-10-7/h1-4H. The first-order valence-electron chi connectivity index (χ1n) is 2.82. The van der Waals surface area contributed by atoms with Gasteiger partial charge in [-0.25, -0.2) is 4.98 Å². The van der Waals surface area contributed by atoms with Gasteiger partial charge in [-0.05, 0) is 6.07 Å². The maximum absolute atomic E-state index is 4.78. The van der Waals surface area contributed by atoms with Crippen molar-refractivity contribution in [2.75, 3.05) is 0 Å². The van der Waals surface area contributed by atoms with Crippen LogP contribution in [0.1, 0.15) is 0 Å². The van der Waals surface area contributed by atoms with Crippen molar-refractivity contribution in [1.82, 2.24) is 4.98 Å². The molecule has 3 heteroatoms. The second-order valence-electron chi connectivity index (χ2n) is 1.77. The third kappa shape index (κ3) is 0.844. The summed E-state index contributed by atoms with van der Waals surface area (Å²) >= 11 is 1.58. The summed E-state index contributed by atoms with van der Waals surface area (Å²) in [4.78, 5) is 4.09. The van der Waals surface area contributed by atoms with Gasteiger partial charge in [-0.1, -0.05) is 0 Å². The predicted octanol–water partition coefficient (Wildman–Crippen LogP) is 2.20. The Labute approximate surface area is 62.1 Å². The smallest absolute Gasteiger partial charge is 0.180 e. The van der Waals surface area contributed by atoms with E-state index in [0.717, 1.165) is 10.6 Å². The lowest BCUT2D eigenvalue weighted by Crippen LogP contribution is -1.66. The molecule has 0 aliphatic carbocycles. The van der Waals surface area contributed by atoms with E-state index < -0.39 is 0 Å². The Morgan fingerprint density at radius 2 is 2.60 bits per heavy atom. The minimum absolute atomic E-state index is 0.926. The number of nitrogens with zero attached hydrogens (tertiary/aromatic N) is 1. The Balaban J connectivity index is 2.48. The molecule has 49 valence electrons. The molecule has 0 aromatic carbocycles. The topological polar surface area (TPSA) is 26.0 Å². The lowest BCUT2D eigenvalue weighted by Gasteiger charge is -1.81. The van der Waals surface area contributed by atoms with Crippen molar-refractivity contribution < 1.29 is 4.42 Å². The summed E-state index contributed by atoms with van der Waals surface area (Å²) in [5.74, 6) is 0. The van der Waals surface area contributed by atoms with Crippen LogP contribution in [-0.2, 0) is 0 Å². The summed E-state index contributed by atoms with van der Waals surface area (Å²) in [5.41, 5.74) is 0.926. The number of hydrogen-bond donors (Lipinski definition) is 0. The number of hydrogen-bond acceptors (Lipinski definition) is 3. The van der Waals surface area contributed by atoms with Gasteiger partial charge in [-0.15, -0.1) is 11.3 Å². The monoisotopic (exact) mass is 150 g/mol. The maximum atomic E-state index is 4.78. The summed E-state index contributed by atoms with van der Waals surface area (Å²) in [6.45, 7) is 0. The van der Waals surface area contributed by atoms with Crippen molar-refractivity contribution in [2.45, 2.75) is 0 Å². The van der Waals surface area contributed by atoms with Gasteiger partial charge < -0.3 is 4.42 Å². The molecule has 0 saturated heterocycles. The third-order valence-electron chi connectivity index (χ3n) is 1.13. The van der Waals surface area contributed by atoms with Crippen LogP contribution < -0.4 is 0 Å². The van der Waals surface area contributed by atoms with Gasteiger partial charge in [-0.2, -0.15) is 0 Å². The number of aromatic nitrogens is 1. The van der Waals surface area contributed by atoms with Gasteiger partial charge in [0.05, 0.1) is 11.8 Å². The van der Waals surface area contributed by atoms with Crippen molar-refractivity contribution in [1.29, 1.82) is 0 Å². The number of rotatable bonds is 1. The van der Waals surface area contributed by atoms with E-state index in [1.165, 1.54) is 0 Å². The van der Waals surface area contributed by atoms with Crippen LogP contribution in [0.15, 0.2) is 28.3 Å². The molecule has 2 aromatic rings. The zero-order valence-electron chi connectivity index (χ0n) is 5.07. The zero-order chi connectivity index (χ0) is 6.81. The molecule has 0 N–H and O–H groups in total. The van der Waals surface area contributed by atoms with Crippen molar-refractivity contribution in [3.63, 3.8) is 0 Å². The fourth-order valence-electron chi connectivity index (χ4n) is 0.705. The van der Waals surface area contributed by atoms with E-state index >= 15 is 0 Å². The first-order chi connectivity index (χ1) is 4.97. The van der Waals surface area contributed by atoms with Crippen molar-refractivity contribution in [3.05, 3.63) is 30.2 Å². The largest absolute Gasteiger partial charge is 0.460 e. The Kier molecular flexibility index (Phi) is 1.29. The van der Waals surface area contributed by atoms with Crippen LogP contribution in [0.2, 0.25) is 0 Å². The molecule has 0 atom stereocenters. The summed E-state index contributed by atoms with van der Waals surface area (Å²) in [7, 11) is 0. The Bertz CT molecular complexity index is 253. The molecule has 0 unspecified atom stereocenters. The van der Waals surface area contributed by atoms with Crippen molar-refractivity contribution in [3.8, 4) is 10.6 Å². The molecule has 2 heterocycles. The third-order valence-corrected chi connectivity index (χ3v) is 1.94. The predicted molar refractivity (Wildman–Crippen MR) is 38.7 cm³/mol. The number of furan rings is 1. The molecule has 0 fully saturated rings. The van der Waals surface area contributed by atoms with E-state index in [4.69, 9.17) is 4.42 Å². The second kappa shape index (κ2) is 2.27. The highest BCUT2D eigenvalue weighted by Gasteiger charge is 1.99. The fraction of sp³-hybridized carbons (Fsp3) is 0. The average Bonchev–Trinajstić information content (AvgIpc) is 2.59. The summed E-state index contributed by atoms with van der Waals surface area (Å²) in [6, 6.07) is 1.85. The summed E-state index contributed by atoms with van der Waals surface area (Å²) < 4.78 is 4.78. The van der Waals surface area contributed by atoms with Crippen LogP contribution in [0.3, 0.4) is 0 Å². The van der Waals surface area contributed by atoms with Crippen LogP contribution in [0, 0.1) is 6.26 Å². The average molecular weight is 150 g/mol. The first kappa shape index (κ1) is 5.68. The highest BCUT2D eigenvalue weighted by molar-refractivity contribution is 7.13. The highest BCUT2D eigenvalue weighted by atomic mass is 32.1. The molecule has 10 heavy (non-hydrogen) atoms. The van der Waals surface area contributed by atoms with Gasteiger partial charge in [0, 0.05) is 11.6 Å². The minimum atomic E-state index is 0.926. The van der Waals surface area contributed by atoms with Gasteiger partial charge in [-0.3, -0.25) is 0 Å². The lowest BCUT2D eigenvalue weighted by molar-refractivity contribution is 0.559. The number of thiazole rings is 1. The van der Waals surface area contributed by atoms with Crippen molar-refractivity contribution >= 4 is 11.3 Å². The van der Waals surface area contributed by atoms with Gasteiger partial charge >= 0.3 is 0 Å². The van der Waals surface area contributed by atoms with Crippen molar-refractivity contribution in [2.24, 2.45) is 0 Å². The Morgan fingerprint density at radius 1 is 1.60 bits per heavy atom. The van der Waals surface area contributed by atoms with E-state index in [0.29, 0.717) is 0 Å². The highest BCUT2D eigenvalue weighted by Crippen LogP contribution is 2.20. The second-order valence-corrected chi connectivity index (χ2v) is 2.67. The van der Waals surface area contributed by atoms with Crippen LogP contribution in [0.25, 0.3) is 10.6 Å². The minimum Gasteiger partial charge on any atom is -0.460 e. The SMILES string of the molecule is [c]1occc1-c1nccs1. The molecule has 0 amide bonds. The molecule has 1 radical (unpaired) electrons. The molecule has 2 aromatic heterocycles. The first-order valence-corrected chi connectivity index (χ1v) is 3.70. The van der Waals surface area contributed by atoms with E-state index in [9.17, 15) is 0 Å². The molecule has 0 aliphatic rings. The van der Waals surface area contributed by atoms with Crippen LogP contribution in [0.5, 0.6) is 0 Å². The summed E-state index contributed by atoms with van der Waals surface area (Å²) in [5, 5.41) is 2.88. The van der Waals surface area contributed by atoms with Crippen LogP contribution >= 0.6 is 11.3 Å². The van der Waals surface area contributed by atoms with E-state index in [1.807, 2.05) is 11.4 Å². The lowest BCUT2D eigenvalue weighted by atomic mass is 10.4. The fourth-order valence-corrected chi connectivity index (χ4v) is 1.31. The van der Waals surface area contributed by atoms with Gasteiger partial charge in [0.2, 0.25) is 0 Å². The van der Waals surface area contributed by atoms with Gasteiger partial charge in [0.25, 0.3) is 0 Å². The molecule has 0 saturated carbocycles. The molecule has 2 nitrogen and oxygen atoms in total. The Morgan fingerprint density at radius 3 is 3.20 bits per heavy atom. The molecular formula is C7H4NOS. The van der Waals surface area contributed by atoms with E-state index in [-0.39, 0.29) is 0 Å². The normalized spacial score (nSPS) is 10.0. The maximum Gasteiger partial charge on any atom is 0.180 e. The zero-order valence-corrected chi connectivity index (χ0v) is 5.89. The molecule has 0 spiro atoms. The van der Waals surface area contributed by atoms with E-state index in [1.54, 1.807) is 23.8 Å². The van der Waals surface area contributed by atoms with Gasteiger partial charge in [0.1, 0.15) is 5.01 Å². The molecule has 0 aliphatic heterocycles. The summed E-state index contributed by atoms with van der Waals surface area (Å²) in [6.07, 6.45) is 6.07. The molecule has 2 rings (SSSR count). The van der Waals surface area contributed by atoms with Gasteiger partial charge in [0.15, 0.2) is 6.26 Å². The quantitative estimate of drug-likeness (QED) is 0.622. The Hall–Kier alpha value is -1.09. The molecule has 0 bridgehead atoms. The van der Waals surface area contributed by atoms with E-state index in [2.05, 4.69) is 11.2 Å². The molecular weight excluding hydrogens is 146 g/mol. The van der Waals surface area contributed by atoms with Crippen LogP contribution in [-0.4, -0.2) is 4.98 Å². The van der Waals surface area contributed by atoms with Crippen LogP contribution in [0.4, 0.5) is 0 Å².